The van der Waals surface area contributed by atoms with Gasteiger partial charge in [-0.2, -0.15) is 0 Å². The second-order valence-electron chi connectivity index (χ2n) is 7.56. The maximum Gasteiger partial charge on any atom is 0.294 e. The maximum atomic E-state index is 12.9. The molecule has 2 heterocycles. The first-order valence-corrected chi connectivity index (χ1v) is 9.21. The van der Waals surface area contributed by atoms with Crippen molar-refractivity contribution in [2.24, 2.45) is 17.8 Å². The van der Waals surface area contributed by atoms with Gasteiger partial charge in [0.1, 0.15) is 5.69 Å². The number of benzene rings is 1. The Hall–Kier alpha value is -3.23. The Labute approximate surface area is 160 Å². The molecule has 1 aliphatic heterocycles. The van der Waals surface area contributed by atoms with Crippen LogP contribution < -0.4 is 10.2 Å². The summed E-state index contributed by atoms with van der Waals surface area (Å²) in [5, 5.41) is 18.1. The van der Waals surface area contributed by atoms with Crippen molar-refractivity contribution >= 4 is 34.8 Å². The van der Waals surface area contributed by atoms with Gasteiger partial charge < -0.3 is 9.84 Å². The molecule has 9 heteroatoms. The number of anilines is 3. The fraction of sp³-hybridized carbons (Fsp3) is 0.421. The fourth-order valence-corrected chi connectivity index (χ4v) is 4.12. The second kappa shape index (κ2) is 6.74. The van der Waals surface area contributed by atoms with E-state index in [2.05, 4.69) is 17.4 Å². The minimum Gasteiger partial charge on any atom is -0.338 e. The van der Waals surface area contributed by atoms with E-state index >= 15 is 0 Å². The molecule has 2 aliphatic rings. The normalized spacial score (nSPS) is 24.4. The third-order valence-electron chi connectivity index (χ3n) is 5.51. The number of nitro benzene ring substituents is 1. The molecule has 0 radical (unpaired) electrons. The third-order valence-corrected chi connectivity index (χ3v) is 5.51. The molecule has 4 rings (SSSR count). The minimum absolute atomic E-state index is 0.190. The predicted molar refractivity (Wildman–Crippen MR) is 100 cm³/mol. The number of nitro groups is 1. The van der Waals surface area contributed by atoms with Gasteiger partial charge in [-0.05, 0) is 44.2 Å². The largest absolute Gasteiger partial charge is 0.338 e. The number of amides is 2. The van der Waals surface area contributed by atoms with Crippen molar-refractivity contribution < 1.29 is 19.0 Å². The van der Waals surface area contributed by atoms with Crippen molar-refractivity contribution in [1.29, 1.82) is 0 Å². The van der Waals surface area contributed by atoms with Gasteiger partial charge in [0.25, 0.3) is 5.69 Å². The minimum atomic E-state index is -0.560. The molecule has 0 unspecified atom stereocenters. The molecular formula is C19H20N4O5. The molecule has 2 amide bonds. The summed E-state index contributed by atoms with van der Waals surface area (Å²) in [6.45, 7) is 3.81. The van der Waals surface area contributed by atoms with E-state index in [9.17, 15) is 19.7 Å². The first kappa shape index (κ1) is 18.1. The Bertz CT molecular complexity index is 969. The summed E-state index contributed by atoms with van der Waals surface area (Å²) in [5.74, 6) is -0.515. The molecule has 2 aromatic rings. The topological polar surface area (TPSA) is 119 Å². The van der Waals surface area contributed by atoms with Crippen LogP contribution in [-0.2, 0) is 9.59 Å². The van der Waals surface area contributed by atoms with Crippen molar-refractivity contribution in [3.05, 3.63) is 40.1 Å². The molecule has 2 fully saturated rings. The number of carbonyl (C=O) groups excluding carboxylic acids is 2. The zero-order valence-corrected chi connectivity index (χ0v) is 15.5. The quantitative estimate of drug-likeness (QED) is 0.486. The molecule has 146 valence electrons. The monoisotopic (exact) mass is 384 g/mol. The average Bonchev–Trinajstić information content (AvgIpc) is 3.16. The Morgan fingerprint density at radius 1 is 1.21 bits per heavy atom. The van der Waals surface area contributed by atoms with E-state index in [1.165, 1.54) is 18.2 Å². The SMILES string of the molecule is Cc1cc(Nc2ccc(N3C(=O)[C@@H]4CC[C@@H](C)C[C@H]4C3=O)cc2[N+](=O)[O-])on1. The number of carbonyl (C=O) groups is 2. The van der Waals surface area contributed by atoms with Gasteiger partial charge in [-0.1, -0.05) is 12.1 Å². The Morgan fingerprint density at radius 2 is 1.96 bits per heavy atom. The van der Waals surface area contributed by atoms with Crippen LogP contribution >= 0.6 is 0 Å². The summed E-state index contributed by atoms with van der Waals surface area (Å²) < 4.78 is 5.04. The molecule has 1 saturated heterocycles. The number of rotatable bonds is 4. The van der Waals surface area contributed by atoms with Gasteiger partial charge in [0.2, 0.25) is 17.7 Å². The highest BCUT2D eigenvalue weighted by Crippen LogP contribution is 2.43. The molecule has 0 spiro atoms. The van der Waals surface area contributed by atoms with Gasteiger partial charge in [0.05, 0.1) is 28.1 Å². The number of hydrogen-bond acceptors (Lipinski definition) is 7. The van der Waals surface area contributed by atoms with Crippen LogP contribution in [0.15, 0.2) is 28.8 Å². The van der Waals surface area contributed by atoms with Crippen LogP contribution in [0.3, 0.4) is 0 Å². The molecule has 9 nitrogen and oxygen atoms in total. The molecule has 0 bridgehead atoms. The van der Waals surface area contributed by atoms with Crippen LogP contribution in [0.2, 0.25) is 0 Å². The molecule has 1 saturated carbocycles. The average molecular weight is 384 g/mol. The van der Waals surface area contributed by atoms with Crippen LogP contribution in [0, 0.1) is 34.8 Å². The fourth-order valence-electron chi connectivity index (χ4n) is 4.12. The summed E-state index contributed by atoms with van der Waals surface area (Å²) in [4.78, 5) is 37.8. The summed E-state index contributed by atoms with van der Waals surface area (Å²) in [6, 6.07) is 5.87. The highest BCUT2D eigenvalue weighted by atomic mass is 16.6. The first-order chi connectivity index (χ1) is 13.3. The van der Waals surface area contributed by atoms with Gasteiger partial charge in [-0.15, -0.1) is 0 Å². The lowest BCUT2D eigenvalue weighted by molar-refractivity contribution is -0.383. The third kappa shape index (κ3) is 3.02. The van der Waals surface area contributed by atoms with Crippen LogP contribution in [0.25, 0.3) is 0 Å². The Kier molecular flexibility index (Phi) is 4.37. The van der Waals surface area contributed by atoms with E-state index in [1.807, 2.05) is 0 Å². The van der Waals surface area contributed by atoms with Crippen LogP contribution in [0.1, 0.15) is 31.9 Å². The molecule has 1 aromatic heterocycles. The van der Waals surface area contributed by atoms with Gasteiger partial charge >= 0.3 is 0 Å². The van der Waals surface area contributed by atoms with E-state index in [1.54, 1.807) is 13.0 Å². The van der Waals surface area contributed by atoms with Crippen molar-refractivity contribution in [2.75, 3.05) is 10.2 Å². The number of hydrogen-bond donors (Lipinski definition) is 1. The number of fused-ring (bicyclic) bond motifs is 1. The maximum absolute atomic E-state index is 12.9. The summed E-state index contributed by atoms with van der Waals surface area (Å²) >= 11 is 0. The highest BCUT2D eigenvalue weighted by molar-refractivity contribution is 6.22. The highest BCUT2D eigenvalue weighted by Gasteiger charge is 2.50. The second-order valence-corrected chi connectivity index (χ2v) is 7.56. The van der Waals surface area contributed by atoms with Crippen molar-refractivity contribution in [2.45, 2.75) is 33.1 Å². The van der Waals surface area contributed by atoms with E-state index in [4.69, 9.17) is 4.52 Å². The number of nitrogens with one attached hydrogen (secondary N) is 1. The number of nitrogens with zero attached hydrogens (tertiary/aromatic N) is 3. The van der Waals surface area contributed by atoms with Crippen LogP contribution in [0.4, 0.5) is 22.9 Å². The summed E-state index contributed by atoms with van der Waals surface area (Å²) in [6.07, 6.45) is 2.27. The van der Waals surface area contributed by atoms with E-state index in [-0.39, 0.29) is 46.6 Å². The number of imide groups is 1. The van der Waals surface area contributed by atoms with E-state index in [0.717, 1.165) is 11.3 Å². The predicted octanol–water partition coefficient (Wildman–Crippen LogP) is 3.56. The summed E-state index contributed by atoms with van der Waals surface area (Å²) in [5.41, 5.74) is 0.792. The Balaban J connectivity index is 1.67. The lowest BCUT2D eigenvalue weighted by atomic mass is 9.76. The van der Waals surface area contributed by atoms with E-state index < -0.39 is 4.92 Å². The zero-order chi connectivity index (χ0) is 20.0. The van der Waals surface area contributed by atoms with Crippen molar-refractivity contribution in [3.63, 3.8) is 0 Å². The standard InChI is InChI=1S/C19H20N4O5/c1-10-3-5-13-14(7-10)19(25)22(18(13)24)12-4-6-15(16(9-12)23(26)27)20-17-8-11(2)21-28-17/h4,6,8-10,13-14,20H,3,5,7H2,1-2H3/t10-,13-,14-/m1/s1. The van der Waals surface area contributed by atoms with Gasteiger partial charge in [0, 0.05) is 12.1 Å². The molecule has 3 atom stereocenters. The van der Waals surface area contributed by atoms with Crippen molar-refractivity contribution in [3.8, 4) is 0 Å². The zero-order valence-electron chi connectivity index (χ0n) is 15.5. The molecule has 1 aliphatic carbocycles. The molecular weight excluding hydrogens is 364 g/mol. The van der Waals surface area contributed by atoms with Crippen LogP contribution in [-0.4, -0.2) is 21.9 Å². The molecule has 1 aromatic carbocycles. The lowest BCUT2D eigenvalue weighted by Crippen LogP contribution is -2.30. The smallest absolute Gasteiger partial charge is 0.294 e. The van der Waals surface area contributed by atoms with Gasteiger partial charge in [-0.3, -0.25) is 19.7 Å². The van der Waals surface area contributed by atoms with Gasteiger partial charge in [0.15, 0.2) is 0 Å². The summed E-state index contributed by atoms with van der Waals surface area (Å²) in [7, 11) is 0. The van der Waals surface area contributed by atoms with E-state index in [0.29, 0.717) is 24.5 Å². The molecule has 1 N–H and O–H groups in total. The Morgan fingerprint density at radius 3 is 2.64 bits per heavy atom. The lowest BCUT2D eigenvalue weighted by Gasteiger charge is -2.25. The van der Waals surface area contributed by atoms with Gasteiger partial charge in [-0.25, -0.2) is 4.90 Å². The van der Waals surface area contributed by atoms with Crippen LogP contribution in [0.5, 0.6) is 0 Å². The number of aromatic nitrogens is 1. The molecule has 28 heavy (non-hydrogen) atoms. The first-order valence-electron chi connectivity index (χ1n) is 9.21. The van der Waals surface area contributed by atoms with Crippen molar-refractivity contribution in [1.82, 2.24) is 5.16 Å². The number of aryl methyl sites for hydroxylation is 1.